The van der Waals surface area contributed by atoms with Gasteiger partial charge < -0.3 is 20.0 Å². The lowest BCUT2D eigenvalue weighted by Gasteiger charge is -2.35. The number of amides is 2. The van der Waals surface area contributed by atoms with Crippen LogP contribution in [0.25, 0.3) is 5.65 Å². The van der Waals surface area contributed by atoms with Crippen LogP contribution in [0.1, 0.15) is 43.6 Å². The summed E-state index contributed by atoms with van der Waals surface area (Å²) in [5.41, 5.74) is 4.01. The maximum atomic E-state index is 13.4. The zero-order chi connectivity index (χ0) is 26.3. The van der Waals surface area contributed by atoms with E-state index in [1.54, 1.807) is 66.9 Å². The smallest absolute Gasteiger partial charge is 0.261 e. The fraction of sp³-hybridized carbons (Fsp3) is 0.360. The molecule has 0 radical (unpaired) electrons. The fourth-order valence-electron chi connectivity index (χ4n) is 3.99. The number of ether oxygens (including phenoxy) is 1. The zero-order valence-electron chi connectivity index (χ0n) is 21.2. The van der Waals surface area contributed by atoms with Crippen molar-refractivity contribution >= 4 is 29.1 Å². The molecular weight excluding hydrogens is 482 g/mol. The van der Waals surface area contributed by atoms with Crippen molar-refractivity contribution in [3.05, 3.63) is 70.9 Å². The van der Waals surface area contributed by atoms with Gasteiger partial charge in [-0.05, 0) is 52.0 Å². The van der Waals surface area contributed by atoms with E-state index in [9.17, 15) is 9.59 Å². The van der Waals surface area contributed by atoms with Crippen molar-refractivity contribution in [3.63, 3.8) is 0 Å². The number of hydrogen-bond donors (Lipinski definition) is 2. The van der Waals surface area contributed by atoms with Crippen molar-refractivity contribution in [1.29, 1.82) is 0 Å². The Morgan fingerprint density at radius 1 is 1.31 bits per heavy atom. The van der Waals surface area contributed by atoms with Crippen molar-refractivity contribution in [2.24, 2.45) is 0 Å². The Hall–Kier alpha value is -3.63. The Bertz CT molecular complexity index is 1350. The number of fused-ring (bicyclic) bond motifs is 1. The molecule has 1 aliphatic heterocycles. The summed E-state index contributed by atoms with van der Waals surface area (Å²) in [7, 11) is 3.33. The molecular formula is C25H30ClN7O3. The van der Waals surface area contributed by atoms with E-state index in [4.69, 9.17) is 16.3 Å². The number of methoxy groups -OCH3 is 1. The first-order valence-electron chi connectivity index (χ1n) is 11.4. The number of hydrogen-bond acceptors (Lipinski definition) is 7. The topological polar surface area (TPSA) is 104 Å². The molecule has 10 nitrogen and oxygen atoms in total. The van der Waals surface area contributed by atoms with E-state index < -0.39 is 5.54 Å². The van der Waals surface area contributed by atoms with E-state index in [1.165, 1.54) is 10.7 Å². The van der Waals surface area contributed by atoms with Gasteiger partial charge in [0.05, 0.1) is 19.0 Å². The Balaban J connectivity index is 1.71. The molecule has 0 fully saturated rings. The molecule has 3 heterocycles. The van der Waals surface area contributed by atoms with Crippen LogP contribution in [0.5, 0.6) is 5.75 Å². The number of carbonyl (C=O) groups excluding carboxylic acids is 2. The number of rotatable bonds is 6. The molecule has 2 aromatic heterocycles. The summed E-state index contributed by atoms with van der Waals surface area (Å²) in [4.78, 5) is 32.3. The van der Waals surface area contributed by atoms with Gasteiger partial charge >= 0.3 is 0 Å². The fourth-order valence-corrected chi connectivity index (χ4v) is 4.16. The van der Waals surface area contributed by atoms with Gasteiger partial charge in [-0.15, -0.1) is 0 Å². The quantitative estimate of drug-likeness (QED) is 0.524. The summed E-state index contributed by atoms with van der Waals surface area (Å²) < 4.78 is 7.14. The minimum Gasteiger partial charge on any atom is -0.496 e. The summed E-state index contributed by atoms with van der Waals surface area (Å²) in [5, 5.41) is 9.37. The van der Waals surface area contributed by atoms with E-state index in [2.05, 4.69) is 20.8 Å². The molecule has 4 rings (SSSR count). The molecule has 36 heavy (non-hydrogen) atoms. The summed E-state index contributed by atoms with van der Waals surface area (Å²) in [6.07, 6.45) is 6.50. The Morgan fingerprint density at radius 2 is 2.06 bits per heavy atom. The number of benzene rings is 1. The first-order chi connectivity index (χ1) is 16.9. The molecule has 2 amide bonds. The predicted octanol–water partition coefficient (Wildman–Crippen LogP) is 2.96. The molecule has 1 aromatic carbocycles. The van der Waals surface area contributed by atoms with E-state index in [0.717, 1.165) is 0 Å². The van der Waals surface area contributed by atoms with Crippen LogP contribution in [-0.2, 0) is 10.3 Å². The van der Waals surface area contributed by atoms with Crippen LogP contribution in [0.15, 0.2) is 54.8 Å². The Kier molecular flexibility index (Phi) is 6.68. The van der Waals surface area contributed by atoms with E-state index in [1.807, 2.05) is 27.7 Å². The van der Waals surface area contributed by atoms with Crippen molar-refractivity contribution in [2.45, 2.75) is 38.8 Å². The summed E-state index contributed by atoms with van der Waals surface area (Å²) in [6.45, 7) is 7.84. The summed E-state index contributed by atoms with van der Waals surface area (Å²) >= 11 is 6.34. The van der Waals surface area contributed by atoms with Gasteiger partial charge in [0, 0.05) is 41.8 Å². The van der Waals surface area contributed by atoms with Gasteiger partial charge in [-0.3, -0.25) is 9.59 Å². The average molecular weight is 512 g/mol. The first-order valence-corrected chi connectivity index (χ1v) is 11.8. The Morgan fingerprint density at radius 3 is 2.75 bits per heavy atom. The molecule has 1 unspecified atom stereocenters. The second-order valence-corrected chi connectivity index (χ2v) is 10.2. The first kappa shape index (κ1) is 25.5. The van der Waals surface area contributed by atoms with Crippen LogP contribution < -0.4 is 15.5 Å². The number of carbonyl (C=O) groups is 2. The van der Waals surface area contributed by atoms with Crippen LogP contribution in [0.2, 0.25) is 5.02 Å². The highest BCUT2D eigenvalue weighted by Gasteiger charge is 2.42. The number of likely N-dealkylation sites (N-methyl/N-ethyl adjacent to an activating group) is 1. The third-order valence-corrected chi connectivity index (χ3v) is 6.58. The maximum absolute atomic E-state index is 13.4. The normalized spacial score (nSPS) is 17.8. The van der Waals surface area contributed by atoms with Gasteiger partial charge in [-0.25, -0.2) is 14.9 Å². The molecule has 0 saturated carbocycles. The number of aromatic nitrogens is 3. The standard InChI is InChI=1S/C25H30ClN7O3/c1-24(2,3)31(5)21(34)15-32-14-20(25(4,30-32)18-12-16(26)8-9-19(18)36-6)29-23(35)17-13-28-33-11-7-10-27-22(17)33/h7-14,30H,15H2,1-6H3,(H,29,35). The monoisotopic (exact) mass is 511 g/mol. The molecule has 11 heteroatoms. The zero-order valence-corrected chi connectivity index (χ0v) is 21.9. The highest BCUT2D eigenvalue weighted by atomic mass is 35.5. The molecule has 0 bridgehead atoms. The number of nitrogens with one attached hydrogen (secondary N) is 2. The largest absolute Gasteiger partial charge is 0.496 e. The highest BCUT2D eigenvalue weighted by molar-refractivity contribution is 6.30. The van der Waals surface area contributed by atoms with Crippen molar-refractivity contribution in [2.75, 3.05) is 20.7 Å². The molecule has 190 valence electrons. The lowest BCUT2D eigenvalue weighted by atomic mass is 9.89. The van der Waals surface area contributed by atoms with E-state index in [-0.39, 0.29) is 23.9 Å². The molecule has 3 aromatic rings. The lowest BCUT2D eigenvalue weighted by Crippen LogP contribution is -2.51. The number of hydrazine groups is 1. The van der Waals surface area contributed by atoms with Crippen molar-refractivity contribution in [3.8, 4) is 5.75 Å². The molecule has 0 spiro atoms. The average Bonchev–Trinajstić information content (AvgIpc) is 3.39. The second-order valence-electron chi connectivity index (χ2n) is 9.78. The molecule has 0 saturated heterocycles. The summed E-state index contributed by atoms with van der Waals surface area (Å²) in [6, 6.07) is 7.00. The minimum absolute atomic E-state index is 0.0455. The van der Waals surface area contributed by atoms with Gasteiger partial charge in [0.2, 0.25) is 5.91 Å². The second kappa shape index (κ2) is 9.44. The summed E-state index contributed by atoms with van der Waals surface area (Å²) in [5.74, 6) is 0.0993. The lowest BCUT2D eigenvalue weighted by molar-refractivity contribution is -0.135. The van der Waals surface area contributed by atoms with Crippen LogP contribution in [-0.4, -0.2) is 62.6 Å². The third-order valence-electron chi connectivity index (χ3n) is 6.35. The van der Waals surface area contributed by atoms with Crippen LogP contribution in [0, 0.1) is 0 Å². The molecule has 1 atom stereocenters. The molecule has 2 N–H and O–H groups in total. The minimum atomic E-state index is -0.969. The predicted molar refractivity (Wildman–Crippen MR) is 136 cm³/mol. The van der Waals surface area contributed by atoms with E-state index >= 15 is 0 Å². The van der Waals surface area contributed by atoms with E-state index in [0.29, 0.717) is 33.2 Å². The number of nitrogens with zero attached hydrogens (tertiary/aromatic N) is 5. The van der Waals surface area contributed by atoms with Gasteiger partial charge in [0.25, 0.3) is 5.91 Å². The maximum Gasteiger partial charge on any atom is 0.261 e. The van der Waals surface area contributed by atoms with Crippen molar-refractivity contribution in [1.82, 2.24) is 35.2 Å². The highest BCUT2D eigenvalue weighted by Crippen LogP contribution is 2.39. The third kappa shape index (κ3) is 4.74. The van der Waals surface area contributed by atoms with Crippen molar-refractivity contribution < 1.29 is 14.3 Å². The SMILES string of the molecule is COc1ccc(Cl)cc1C1(C)NN(CC(=O)N(C)C(C)(C)C)C=C1NC(=O)c1cnn2cccnc12. The van der Waals surface area contributed by atoms with Gasteiger partial charge in [0.15, 0.2) is 5.65 Å². The molecule has 0 aliphatic carbocycles. The van der Waals surface area contributed by atoms with Gasteiger partial charge in [-0.2, -0.15) is 5.10 Å². The Labute approximate surface area is 214 Å². The van der Waals surface area contributed by atoms with Gasteiger partial charge in [0.1, 0.15) is 23.4 Å². The number of halogens is 1. The van der Waals surface area contributed by atoms with Crippen LogP contribution in [0.3, 0.4) is 0 Å². The van der Waals surface area contributed by atoms with Gasteiger partial charge in [-0.1, -0.05) is 11.6 Å². The van der Waals surface area contributed by atoms with Crippen LogP contribution in [0.4, 0.5) is 0 Å². The molecule has 1 aliphatic rings. The van der Waals surface area contributed by atoms with Crippen LogP contribution >= 0.6 is 11.6 Å².